The minimum atomic E-state index is -0.331. The molecule has 0 fully saturated rings. The van der Waals surface area contributed by atoms with Gasteiger partial charge in [0.2, 0.25) is 0 Å². The zero-order valence-electron chi connectivity index (χ0n) is 27.9. The second kappa shape index (κ2) is 16.1. The van der Waals surface area contributed by atoms with E-state index < -0.39 is 0 Å². The smallest absolute Gasteiger partial charge is 0.0729 e. The van der Waals surface area contributed by atoms with Gasteiger partial charge in [0.15, 0.2) is 0 Å². The highest BCUT2D eigenvalue weighted by Crippen LogP contribution is 2.42. The molecule has 2 aliphatic carbocycles. The molecule has 0 heterocycles. The molecule has 0 aliphatic heterocycles. The third kappa shape index (κ3) is 11.7. The van der Waals surface area contributed by atoms with Crippen molar-refractivity contribution in [1.29, 1.82) is 0 Å². The third-order valence-corrected chi connectivity index (χ3v) is 8.33. The highest BCUT2D eigenvalue weighted by atomic mass is 16.3. The van der Waals surface area contributed by atoms with Crippen LogP contribution in [0.3, 0.4) is 0 Å². The zero-order valence-corrected chi connectivity index (χ0v) is 27.9. The van der Waals surface area contributed by atoms with E-state index in [4.69, 9.17) is 0 Å². The molecule has 42 heavy (non-hydrogen) atoms. The standard InChI is InChI=1S/C40H56O2/c1-29(17-13-19-31(3)21-23-37-33(5)25-35(41)27-39(37,7)8)15-11-12-16-30(2)18-14-20-32(4)22-24-38-34(6)26-36(42)28-40(38,9)10/h11-25,35-37,41-42H,26-28H2,1-10H3/b12-11+,17-13+,18-14+,23-21+,24-22+,29-15+,30-16+,31-19+,32-20+/t35-,36+,37?/m0/s1. The maximum Gasteiger partial charge on any atom is 0.0729 e. The monoisotopic (exact) mass is 568 g/mol. The Morgan fingerprint density at radius 3 is 1.74 bits per heavy atom. The molecule has 2 N–H and O–H groups in total. The number of aliphatic hydroxyl groups excluding tert-OH is 2. The zero-order chi connectivity index (χ0) is 31.5. The number of allylic oxidation sites excluding steroid dienone is 20. The minimum absolute atomic E-state index is 0.00528. The number of aliphatic hydroxyl groups is 2. The van der Waals surface area contributed by atoms with Gasteiger partial charge in [-0.2, -0.15) is 0 Å². The molecular weight excluding hydrogens is 512 g/mol. The van der Waals surface area contributed by atoms with Crippen LogP contribution in [0.5, 0.6) is 0 Å². The molecule has 0 saturated heterocycles. The molecule has 2 rings (SSSR count). The quantitative estimate of drug-likeness (QED) is 0.203. The number of rotatable bonds is 10. The summed E-state index contributed by atoms with van der Waals surface area (Å²) in [4.78, 5) is 0. The van der Waals surface area contributed by atoms with E-state index in [0.29, 0.717) is 5.92 Å². The first-order chi connectivity index (χ1) is 19.6. The largest absolute Gasteiger partial charge is 0.393 e. The fourth-order valence-corrected chi connectivity index (χ4v) is 6.14. The van der Waals surface area contributed by atoms with Crippen LogP contribution in [-0.2, 0) is 0 Å². The highest BCUT2D eigenvalue weighted by molar-refractivity contribution is 5.38. The van der Waals surface area contributed by atoms with Gasteiger partial charge in [0.05, 0.1) is 12.2 Å². The average Bonchev–Trinajstić information content (AvgIpc) is 2.84. The molecule has 0 radical (unpaired) electrons. The first-order valence-corrected chi connectivity index (χ1v) is 15.4. The van der Waals surface area contributed by atoms with Crippen LogP contribution < -0.4 is 0 Å². The Morgan fingerprint density at radius 1 is 0.714 bits per heavy atom. The Hall–Kier alpha value is -2.94. The Bertz CT molecular complexity index is 1270. The van der Waals surface area contributed by atoms with E-state index in [9.17, 15) is 10.2 Å². The summed E-state index contributed by atoms with van der Waals surface area (Å²) in [6.45, 7) is 21.6. The van der Waals surface area contributed by atoms with Crippen LogP contribution in [0.4, 0.5) is 0 Å². The van der Waals surface area contributed by atoms with Crippen LogP contribution >= 0.6 is 0 Å². The van der Waals surface area contributed by atoms with Crippen molar-refractivity contribution in [2.24, 2.45) is 16.7 Å². The molecule has 0 amide bonds. The summed E-state index contributed by atoms with van der Waals surface area (Å²) in [5.74, 6) is 0.348. The molecule has 1 unspecified atom stereocenters. The van der Waals surface area contributed by atoms with Gasteiger partial charge >= 0.3 is 0 Å². The molecule has 0 spiro atoms. The van der Waals surface area contributed by atoms with Crippen LogP contribution in [0.25, 0.3) is 0 Å². The van der Waals surface area contributed by atoms with E-state index in [-0.39, 0.29) is 23.0 Å². The Balaban J connectivity index is 1.90. The molecule has 2 aliphatic rings. The van der Waals surface area contributed by atoms with Gasteiger partial charge in [-0.25, -0.2) is 0 Å². The van der Waals surface area contributed by atoms with Crippen LogP contribution in [-0.4, -0.2) is 22.4 Å². The lowest BCUT2D eigenvalue weighted by atomic mass is 9.67. The van der Waals surface area contributed by atoms with Gasteiger partial charge in [-0.3, -0.25) is 0 Å². The second-order valence-electron chi connectivity index (χ2n) is 13.7. The lowest BCUT2D eigenvalue weighted by Crippen LogP contribution is -2.32. The summed E-state index contributed by atoms with van der Waals surface area (Å²) in [6.07, 6.45) is 33.8. The van der Waals surface area contributed by atoms with Crippen molar-refractivity contribution in [2.75, 3.05) is 0 Å². The molecule has 0 aromatic carbocycles. The fraction of sp³-hybridized carbons (Fsp3) is 0.450. The molecule has 0 bridgehead atoms. The minimum Gasteiger partial charge on any atom is -0.393 e. The van der Waals surface area contributed by atoms with Crippen LogP contribution in [0.2, 0.25) is 0 Å². The Kier molecular flexibility index (Phi) is 13.5. The summed E-state index contributed by atoms with van der Waals surface area (Å²) in [7, 11) is 0. The Morgan fingerprint density at radius 2 is 1.21 bits per heavy atom. The van der Waals surface area contributed by atoms with E-state index in [1.807, 2.05) is 6.08 Å². The summed E-state index contributed by atoms with van der Waals surface area (Å²) >= 11 is 0. The molecule has 2 heteroatoms. The van der Waals surface area contributed by atoms with Crippen molar-refractivity contribution in [3.63, 3.8) is 0 Å². The normalized spacial score (nSPS) is 26.6. The van der Waals surface area contributed by atoms with Crippen molar-refractivity contribution >= 4 is 0 Å². The van der Waals surface area contributed by atoms with E-state index in [2.05, 4.69) is 154 Å². The molecule has 228 valence electrons. The first kappa shape index (κ1) is 35.3. The van der Waals surface area contributed by atoms with E-state index >= 15 is 0 Å². The maximum atomic E-state index is 10.1. The molecule has 2 nitrogen and oxygen atoms in total. The summed E-state index contributed by atoms with van der Waals surface area (Å²) in [5, 5.41) is 20.2. The third-order valence-electron chi connectivity index (χ3n) is 8.33. The van der Waals surface area contributed by atoms with Crippen molar-refractivity contribution in [1.82, 2.24) is 0 Å². The van der Waals surface area contributed by atoms with E-state index in [1.54, 1.807) is 0 Å². The summed E-state index contributed by atoms with van der Waals surface area (Å²) < 4.78 is 0. The van der Waals surface area contributed by atoms with Gasteiger partial charge < -0.3 is 10.2 Å². The Labute approximate surface area is 257 Å². The summed E-state index contributed by atoms with van der Waals surface area (Å²) in [5.41, 5.74) is 8.73. The van der Waals surface area contributed by atoms with Crippen LogP contribution in [0.1, 0.15) is 88.5 Å². The van der Waals surface area contributed by atoms with Gasteiger partial charge in [-0.05, 0) is 77.2 Å². The van der Waals surface area contributed by atoms with Crippen molar-refractivity contribution in [3.05, 3.63) is 130 Å². The van der Waals surface area contributed by atoms with Crippen molar-refractivity contribution in [3.8, 4) is 0 Å². The lowest BCUT2D eigenvalue weighted by molar-refractivity contribution is 0.116. The van der Waals surface area contributed by atoms with E-state index in [0.717, 1.165) is 19.3 Å². The predicted molar refractivity (Wildman–Crippen MR) is 184 cm³/mol. The molecule has 3 atom stereocenters. The summed E-state index contributed by atoms with van der Waals surface area (Å²) in [6, 6.07) is 0. The molecular formula is C40H56O2. The van der Waals surface area contributed by atoms with Gasteiger partial charge in [0.25, 0.3) is 0 Å². The van der Waals surface area contributed by atoms with Crippen molar-refractivity contribution in [2.45, 2.75) is 101 Å². The van der Waals surface area contributed by atoms with Gasteiger partial charge in [-0.15, -0.1) is 0 Å². The average molecular weight is 569 g/mol. The SMILES string of the molecule is CC1=C[C@H](O)CC(C)(C)C1/C=C/C(C)=C/C=C/C(C)=C/C=C/C=C(C)/C=C/C=C(C)/C=C/C1=C(C)C[C@@H](O)CC1(C)C. The molecule has 0 saturated carbocycles. The molecule has 0 aromatic heterocycles. The van der Waals surface area contributed by atoms with Crippen LogP contribution in [0, 0.1) is 16.7 Å². The van der Waals surface area contributed by atoms with Gasteiger partial charge in [0.1, 0.15) is 0 Å². The van der Waals surface area contributed by atoms with Gasteiger partial charge in [-0.1, -0.05) is 152 Å². The second-order valence-corrected chi connectivity index (χ2v) is 13.7. The lowest BCUT2D eigenvalue weighted by Gasteiger charge is -2.38. The van der Waals surface area contributed by atoms with E-state index in [1.165, 1.54) is 39.0 Å². The van der Waals surface area contributed by atoms with Gasteiger partial charge in [0, 0.05) is 5.92 Å². The molecule has 0 aromatic rings. The fourth-order valence-electron chi connectivity index (χ4n) is 6.14. The first-order valence-electron chi connectivity index (χ1n) is 15.4. The number of hydrogen-bond donors (Lipinski definition) is 2. The highest BCUT2D eigenvalue weighted by Gasteiger charge is 2.34. The topological polar surface area (TPSA) is 40.5 Å². The van der Waals surface area contributed by atoms with Crippen LogP contribution in [0.15, 0.2) is 130 Å². The number of hydrogen-bond acceptors (Lipinski definition) is 2. The maximum absolute atomic E-state index is 10.1. The van der Waals surface area contributed by atoms with Crippen molar-refractivity contribution < 1.29 is 10.2 Å². The predicted octanol–water partition coefficient (Wildman–Crippen LogP) is 10.4.